The summed E-state index contributed by atoms with van der Waals surface area (Å²) in [7, 11) is 1.98. The summed E-state index contributed by atoms with van der Waals surface area (Å²) < 4.78 is 5.41. The van der Waals surface area contributed by atoms with Gasteiger partial charge < -0.3 is 9.84 Å². The fourth-order valence-corrected chi connectivity index (χ4v) is 2.67. The quantitative estimate of drug-likeness (QED) is 0.904. The molecule has 0 bridgehead atoms. The Morgan fingerprint density at radius 3 is 3.00 bits per heavy atom. The molecule has 2 heterocycles. The lowest BCUT2D eigenvalue weighted by Crippen LogP contribution is -2.27. The highest BCUT2D eigenvalue weighted by Crippen LogP contribution is 2.34. The van der Waals surface area contributed by atoms with Gasteiger partial charge in [-0.2, -0.15) is 4.98 Å². The summed E-state index contributed by atoms with van der Waals surface area (Å²) in [6.07, 6.45) is 5.15. The summed E-state index contributed by atoms with van der Waals surface area (Å²) in [5, 5.41) is 7.35. The molecular weight excluding hydrogens is 242 g/mol. The van der Waals surface area contributed by atoms with Crippen LogP contribution in [0.4, 0.5) is 0 Å². The molecule has 1 aliphatic carbocycles. The predicted octanol–water partition coefficient (Wildman–Crippen LogP) is 1.69. The van der Waals surface area contributed by atoms with Crippen LogP contribution in [0.1, 0.15) is 36.9 Å². The summed E-state index contributed by atoms with van der Waals surface area (Å²) in [5.74, 6) is 2.28. The molecule has 1 aliphatic rings. The molecule has 3 rings (SSSR count). The van der Waals surface area contributed by atoms with Gasteiger partial charge in [-0.15, -0.1) is 0 Å². The smallest absolute Gasteiger partial charge is 0.231 e. The van der Waals surface area contributed by atoms with Crippen LogP contribution in [0.15, 0.2) is 16.8 Å². The van der Waals surface area contributed by atoms with Crippen molar-refractivity contribution in [2.75, 3.05) is 7.05 Å². The van der Waals surface area contributed by atoms with Gasteiger partial charge in [-0.25, -0.2) is 9.97 Å². The molecular formula is C13H17N5O. The maximum atomic E-state index is 5.41. The zero-order chi connectivity index (χ0) is 13.2. The van der Waals surface area contributed by atoms with Crippen LogP contribution in [0.2, 0.25) is 0 Å². The topological polar surface area (TPSA) is 76.7 Å². The molecule has 2 unspecified atom stereocenters. The van der Waals surface area contributed by atoms with Gasteiger partial charge in [0.15, 0.2) is 0 Å². The second kappa shape index (κ2) is 5.05. The largest absolute Gasteiger partial charge is 0.339 e. The summed E-state index contributed by atoms with van der Waals surface area (Å²) in [5.41, 5.74) is 0.710. The standard InChI is InChI=1S/C13H17N5O/c1-8-15-7-6-11(16-8)12-17-13(19-18-12)9-4-3-5-10(9)14-2/h6-7,9-10,14H,3-5H2,1-2H3. The van der Waals surface area contributed by atoms with Gasteiger partial charge in [0.05, 0.1) is 5.92 Å². The molecule has 0 amide bonds. The number of aryl methyl sites for hydroxylation is 1. The lowest BCUT2D eigenvalue weighted by atomic mass is 10.0. The molecule has 0 spiro atoms. The van der Waals surface area contributed by atoms with Crippen LogP contribution in [0.5, 0.6) is 0 Å². The molecule has 19 heavy (non-hydrogen) atoms. The molecule has 6 heteroatoms. The van der Waals surface area contributed by atoms with E-state index in [9.17, 15) is 0 Å². The average Bonchev–Trinajstić information content (AvgIpc) is 3.07. The third-order valence-corrected chi connectivity index (χ3v) is 3.65. The van der Waals surface area contributed by atoms with E-state index in [-0.39, 0.29) is 0 Å². The Hall–Kier alpha value is -1.82. The highest BCUT2D eigenvalue weighted by molar-refractivity contribution is 5.47. The predicted molar refractivity (Wildman–Crippen MR) is 69.5 cm³/mol. The van der Waals surface area contributed by atoms with Crippen LogP contribution in [0.3, 0.4) is 0 Å². The van der Waals surface area contributed by atoms with E-state index in [4.69, 9.17) is 4.52 Å². The van der Waals surface area contributed by atoms with E-state index < -0.39 is 0 Å². The molecule has 0 saturated heterocycles. The van der Waals surface area contributed by atoms with Crippen molar-refractivity contribution in [3.63, 3.8) is 0 Å². The molecule has 2 aromatic heterocycles. The number of nitrogens with zero attached hydrogens (tertiary/aromatic N) is 4. The maximum absolute atomic E-state index is 5.41. The summed E-state index contributed by atoms with van der Waals surface area (Å²) in [6, 6.07) is 2.23. The SMILES string of the molecule is CNC1CCCC1c1nc(-c2ccnc(C)n2)no1. The van der Waals surface area contributed by atoms with Crippen molar-refractivity contribution in [2.45, 2.75) is 38.1 Å². The van der Waals surface area contributed by atoms with Crippen LogP contribution in [-0.2, 0) is 0 Å². The van der Waals surface area contributed by atoms with Crippen LogP contribution in [0, 0.1) is 6.92 Å². The monoisotopic (exact) mass is 259 g/mol. The number of hydrogen-bond donors (Lipinski definition) is 1. The van der Waals surface area contributed by atoms with Crippen LogP contribution >= 0.6 is 0 Å². The van der Waals surface area contributed by atoms with Crippen molar-refractivity contribution in [1.29, 1.82) is 0 Å². The average molecular weight is 259 g/mol. The van der Waals surface area contributed by atoms with Crippen molar-refractivity contribution in [3.8, 4) is 11.5 Å². The van der Waals surface area contributed by atoms with Crippen molar-refractivity contribution < 1.29 is 4.52 Å². The van der Waals surface area contributed by atoms with E-state index in [1.165, 1.54) is 6.42 Å². The zero-order valence-electron chi connectivity index (χ0n) is 11.1. The van der Waals surface area contributed by atoms with E-state index in [1.54, 1.807) is 12.3 Å². The molecule has 2 atom stereocenters. The van der Waals surface area contributed by atoms with Gasteiger partial charge in [0, 0.05) is 12.2 Å². The van der Waals surface area contributed by atoms with E-state index in [0.29, 0.717) is 35.2 Å². The minimum Gasteiger partial charge on any atom is -0.339 e. The molecule has 0 aromatic carbocycles. The van der Waals surface area contributed by atoms with Crippen molar-refractivity contribution in [2.24, 2.45) is 0 Å². The van der Waals surface area contributed by atoms with Gasteiger partial charge in [-0.1, -0.05) is 11.6 Å². The number of rotatable bonds is 3. The van der Waals surface area contributed by atoms with Gasteiger partial charge in [-0.05, 0) is 32.9 Å². The van der Waals surface area contributed by atoms with Gasteiger partial charge in [0.1, 0.15) is 11.5 Å². The Morgan fingerprint density at radius 2 is 2.21 bits per heavy atom. The van der Waals surface area contributed by atoms with Crippen molar-refractivity contribution >= 4 is 0 Å². The third kappa shape index (κ3) is 2.35. The number of nitrogens with one attached hydrogen (secondary N) is 1. The molecule has 1 fully saturated rings. The molecule has 1 saturated carbocycles. The van der Waals surface area contributed by atoms with Gasteiger partial charge in [0.2, 0.25) is 11.7 Å². The van der Waals surface area contributed by atoms with Crippen LogP contribution in [0.25, 0.3) is 11.5 Å². The van der Waals surface area contributed by atoms with Gasteiger partial charge >= 0.3 is 0 Å². The minimum atomic E-state index is 0.314. The number of hydrogen-bond acceptors (Lipinski definition) is 6. The second-order valence-corrected chi connectivity index (χ2v) is 4.88. The Balaban J connectivity index is 1.87. The van der Waals surface area contributed by atoms with Crippen LogP contribution in [-0.4, -0.2) is 33.2 Å². The first-order valence-corrected chi connectivity index (χ1v) is 6.59. The second-order valence-electron chi connectivity index (χ2n) is 4.88. The summed E-state index contributed by atoms with van der Waals surface area (Å²) in [4.78, 5) is 12.9. The van der Waals surface area contributed by atoms with Crippen molar-refractivity contribution in [3.05, 3.63) is 24.0 Å². The fraction of sp³-hybridized carbons (Fsp3) is 0.538. The first-order valence-electron chi connectivity index (χ1n) is 6.59. The third-order valence-electron chi connectivity index (χ3n) is 3.65. The first-order chi connectivity index (χ1) is 9.28. The molecule has 0 radical (unpaired) electrons. The lowest BCUT2D eigenvalue weighted by Gasteiger charge is -2.14. The van der Waals surface area contributed by atoms with E-state index in [1.807, 2.05) is 14.0 Å². The number of likely N-dealkylation sites (N-methyl/N-ethyl adjacent to an activating group) is 1. The van der Waals surface area contributed by atoms with E-state index in [0.717, 1.165) is 12.8 Å². The minimum absolute atomic E-state index is 0.314. The highest BCUT2D eigenvalue weighted by Gasteiger charge is 2.32. The Labute approximate surface area is 111 Å². The normalized spacial score (nSPS) is 22.8. The Kier molecular flexibility index (Phi) is 3.25. The fourth-order valence-electron chi connectivity index (χ4n) is 2.67. The molecule has 1 N–H and O–H groups in total. The van der Waals surface area contributed by atoms with E-state index >= 15 is 0 Å². The Bertz CT molecular complexity index is 568. The zero-order valence-corrected chi connectivity index (χ0v) is 11.1. The highest BCUT2D eigenvalue weighted by atomic mass is 16.5. The molecule has 0 aliphatic heterocycles. The lowest BCUT2D eigenvalue weighted by molar-refractivity contribution is 0.335. The molecule has 2 aromatic rings. The maximum Gasteiger partial charge on any atom is 0.231 e. The van der Waals surface area contributed by atoms with Gasteiger partial charge in [-0.3, -0.25) is 0 Å². The van der Waals surface area contributed by atoms with Crippen LogP contribution < -0.4 is 5.32 Å². The van der Waals surface area contributed by atoms with E-state index in [2.05, 4.69) is 25.4 Å². The number of aromatic nitrogens is 4. The Morgan fingerprint density at radius 1 is 1.32 bits per heavy atom. The summed E-state index contributed by atoms with van der Waals surface area (Å²) >= 11 is 0. The summed E-state index contributed by atoms with van der Waals surface area (Å²) in [6.45, 7) is 1.85. The van der Waals surface area contributed by atoms with Gasteiger partial charge in [0.25, 0.3) is 0 Å². The molecule has 6 nitrogen and oxygen atoms in total. The molecule has 100 valence electrons. The van der Waals surface area contributed by atoms with Crippen molar-refractivity contribution in [1.82, 2.24) is 25.4 Å². The first kappa shape index (κ1) is 12.2.